The Morgan fingerprint density at radius 3 is 1.68 bits per heavy atom. The summed E-state index contributed by atoms with van der Waals surface area (Å²) < 4.78 is 216. The normalized spacial score (nSPS) is 13.1. The third-order valence-corrected chi connectivity index (χ3v) is 17.9. The van der Waals surface area contributed by atoms with Crippen LogP contribution in [0.3, 0.4) is 0 Å². The number of nitro groups is 1. The van der Waals surface area contributed by atoms with Crippen LogP contribution in [0.1, 0.15) is 16.1 Å². The number of azo groups is 4. The first-order chi connectivity index (χ1) is 41.6. The fourth-order valence-corrected chi connectivity index (χ4v) is 12.5. The van der Waals surface area contributed by atoms with Crippen molar-refractivity contribution in [3.63, 3.8) is 0 Å². The van der Waals surface area contributed by atoms with Crippen molar-refractivity contribution in [2.45, 2.75) is 41.2 Å². The average molecular weight is 1390 g/mol. The van der Waals surface area contributed by atoms with Gasteiger partial charge >= 0.3 is 5.97 Å². The quantitative estimate of drug-likeness (QED) is 0.00648. The van der Waals surface area contributed by atoms with E-state index in [-0.39, 0.29) is 23.3 Å². The van der Waals surface area contributed by atoms with Gasteiger partial charge in [0.1, 0.15) is 58.6 Å². The zero-order chi connectivity index (χ0) is 66.7. The number of carbonyl (C=O) groups is 1. The average Bonchev–Trinajstić information content (AvgIpc) is 0.943. The molecule has 7 aromatic carbocycles. The number of nitrogens with two attached hydrogens (primary N) is 1. The maximum absolute atomic E-state index is 13.2. The predicted octanol–water partition coefficient (Wildman–Crippen LogP) is 8.36. The van der Waals surface area contributed by atoms with Crippen LogP contribution >= 0.6 is 12.0 Å². The summed E-state index contributed by atoms with van der Waals surface area (Å²) in [6, 6.07) is 9.71. The first-order valence-electron chi connectivity index (χ1n) is 22.8. The molecule has 0 aliphatic rings. The topological polar surface area (TPSA) is 649 Å². The molecule has 0 spiro atoms. The van der Waals surface area contributed by atoms with Crippen molar-refractivity contribution < 1.29 is 123 Å². The summed E-state index contributed by atoms with van der Waals surface area (Å²) in [5.74, 6) is -5.60. The van der Waals surface area contributed by atoms with E-state index in [1.54, 1.807) is 0 Å². The molecule has 0 fully saturated rings. The van der Waals surface area contributed by atoms with Crippen LogP contribution in [0, 0.1) is 17.0 Å². The van der Waals surface area contributed by atoms with Gasteiger partial charge in [-0.1, -0.05) is 5.04 Å². The molecule has 0 aliphatic carbocycles. The Balaban J connectivity index is 1.25. The number of aromatic nitrogens is 2. The Morgan fingerprint density at radius 2 is 1.11 bits per heavy atom. The lowest BCUT2D eigenvalue weighted by molar-refractivity contribution is -0.432. The van der Waals surface area contributed by atoms with Crippen LogP contribution < -0.4 is 5.73 Å². The number of aromatic carboxylic acids is 1. The monoisotopic (exact) mass is 1390 g/mol. The van der Waals surface area contributed by atoms with Gasteiger partial charge in [-0.25, -0.2) is 10.1 Å². The van der Waals surface area contributed by atoms with Gasteiger partial charge < -0.3 is 26.2 Å². The molecule has 90 heavy (non-hydrogen) atoms. The molecule has 0 amide bonds. The number of non-ortho nitro benzene ring substituents is 1. The number of aryl methyl sites for hydroxylation is 1. The minimum absolute atomic E-state index is 0.0546. The molecule has 47 heteroatoms. The molecule has 0 bridgehead atoms. The van der Waals surface area contributed by atoms with Crippen LogP contribution in [0.15, 0.2) is 160 Å². The van der Waals surface area contributed by atoms with E-state index in [0.717, 1.165) is 49.4 Å². The number of phenols is 2. The van der Waals surface area contributed by atoms with E-state index in [1.807, 2.05) is 0 Å². The van der Waals surface area contributed by atoms with Crippen LogP contribution in [0.4, 0.5) is 56.9 Å². The molecule has 0 aliphatic heterocycles. The third-order valence-electron chi connectivity index (χ3n) is 11.9. The van der Waals surface area contributed by atoms with E-state index in [2.05, 4.69) is 55.4 Å². The highest BCUT2D eigenvalue weighted by Gasteiger charge is 2.31. The molecule has 40 nitrogen and oxygen atoms in total. The number of nitrogens with zero attached hydrogens (tertiary/aromatic N) is 11. The summed E-state index contributed by atoms with van der Waals surface area (Å²) in [6.07, 6.45) is 0. The van der Waals surface area contributed by atoms with E-state index in [4.69, 9.17) is 11.0 Å². The molecule has 1 aromatic heterocycles. The smallest absolute Gasteiger partial charge is 0.358 e. The summed E-state index contributed by atoms with van der Waals surface area (Å²) in [5, 5.41) is 97.4. The summed E-state index contributed by atoms with van der Waals surface area (Å²) in [4.78, 5) is 14.8. The molecule has 13 N–H and O–H groups in total. The van der Waals surface area contributed by atoms with Gasteiger partial charge in [-0.05, 0) is 85.3 Å². The third kappa shape index (κ3) is 13.5. The second kappa shape index (κ2) is 24.1. The van der Waals surface area contributed by atoms with Gasteiger partial charge in [-0.2, -0.15) is 65.4 Å². The molecule has 0 atom stereocenters. The number of carboxylic acids is 1. The lowest BCUT2D eigenvalue weighted by Gasteiger charge is -2.15. The molecule has 0 saturated carbocycles. The van der Waals surface area contributed by atoms with Crippen molar-refractivity contribution in [3.05, 3.63) is 106 Å². The standard InChI is InChI=1S/C43H30N12O28S7/c1-16-10-30(87(70,71)72)26(48-52-37-38(43(59)60)53-54(42(37)58)17-2-5-19(6-3-17)85(64,65)66)14-25(16)47-51-36-32(89(76,77)78)13-21-20(39(36)56)7-9-24(41(21)90(79,80)81)46-49-27-15-29(86(67,68)69)22-12-28(84-83-82-63)35(40(57)33(22)34(27)44)50-45-23-8-4-18(55(61)62)11-31(23)88(73,74)75/h2-15,56-58,63H,44H2,1H3,(H,59,60)(H,64,65,66)(H,67,68,69)(H,70,71,72)(H,73,74,75)(H,76,77,78)(H,79,80,81). The number of benzene rings is 7. The molecule has 8 rings (SSSR count). The number of hydrogen-bond donors (Lipinski definition) is 12. The highest BCUT2D eigenvalue weighted by atomic mass is 32.2. The second-order valence-corrected chi connectivity index (χ2v) is 26.6. The first-order valence-corrected chi connectivity index (χ1v) is 32.2. The van der Waals surface area contributed by atoms with E-state index in [9.17, 15) is 113 Å². The van der Waals surface area contributed by atoms with E-state index < -0.39 is 207 Å². The first kappa shape index (κ1) is 66.4. The number of carboxylic acid groups (broad SMARTS) is 1. The second-order valence-electron chi connectivity index (χ2n) is 17.5. The zero-order valence-electron chi connectivity index (χ0n) is 43.3. The van der Waals surface area contributed by atoms with Gasteiger partial charge in [0.2, 0.25) is 11.6 Å². The van der Waals surface area contributed by atoms with Gasteiger partial charge in [0.15, 0.2) is 17.2 Å². The van der Waals surface area contributed by atoms with E-state index >= 15 is 0 Å². The maximum atomic E-state index is 13.2. The van der Waals surface area contributed by atoms with Gasteiger partial charge in [-0.15, -0.1) is 40.1 Å². The van der Waals surface area contributed by atoms with Crippen molar-refractivity contribution in [2.75, 3.05) is 5.73 Å². The molecule has 0 saturated heterocycles. The number of fused-ring (bicyclic) bond motifs is 2. The van der Waals surface area contributed by atoms with Gasteiger partial charge in [0, 0.05) is 28.3 Å². The van der Waals surface area contributed by atoms with E-state index in [1.165, 1.54) is 0 Å². The van der Waals surface area contributed by atoms with Crippen LogP contribution in [0.5, 0.6) is 17.4 Å². The lowest BCUT2D eigenvalue weighted by atomic mass is 10.0. The Labute approximate surface area is 504 Å². The fraction of sp³-hybridized carbons (Fsp3) is 0.0233. The molecule has 1 heterocycles. The number of nitrogen functional groups attached to an aromatic ring is 1. The number of phenolic OH excluding ortho intramolecular Hbond substituents is 2. The van der Waals surface area contributed by atoms with Gasteiger partial charge in [-0.3, -0.25) is 37.4 Å². The van der Waals surface area contributed by atoms with Crippen LogP contribution in [0.25, 0.3) is 27.2 Å². The van der Waals surface area contributed by atoms with Gasteiger partial charge in [0.25, 0.3) is 66.4 Å². The lowest BCUT2D eigenvalue weighted by Crippen LogP contribution is -2.03. The molecular formula is C43H30N12O28S7. The van der Waals surface area contributed by atoms with Crippen LogP contribution in [-0.2, 0) is 70.1 Å². The molecular weight excluding hydrogens is 1360 g/mol. The number of rotatable bonds is 20. The van der Waals surface area contributed by atoms with Crippen molar-refractivity contribution in [2.24, 2.45) is 40.9 Å². The van der Waals surface area contributed by atoms with Crippen LogP contribution in [-0.4, -0.2) is 124 Å². The van der Waals surface area contributed by atoms with Crippen molar-refractivity contribution in [1.82, 2.24) is 9.78 Å². The molecule has 0 radical (unpaired) electrons. The van der Waals surface area contributed by atoms with E-state index in [0.29, 0.717) is 47.1 Å². The predicted molar refractivity (Wildman–Crippen MR) is 298 cm³/mol. The Bertz CT molecular complexity index is 5300. The molecule has 472 valence electrons. The summed E-state index contributed by atoms with van der Waals surface area (Å²) >= 11 is -0.0546. The SMILES string of the molecule is Cc1cc(S(=O)(=O)O)c(N=Nc2c(C(=O)O)nn(-c3ccc(S(=O)(=O)O)cc3)c2O)cc1N=Nc1c(S(=O)(=O)O)cc2c(S(=O)(=O)O)c(N=Nc3cc(S(=O)(=O)O)c4cc(SOOO)c(N=Nc5ccc([N+](=O)[O-])cc5S(=O)(=O)O)c(O)c4c3N)ccc2c1O. The Hall–Kier alpha value is -9.57. The summed E-state index contributed by atoms with van der Waals surface area (Å²) in [6.45, 7) is 1.12. The van der Waals surface area contributed by atoms with Crippen molar-refractivity contribution >= 4 is 157 Å². The molecule has 8 aromatic rings. The number of aromatic hydroxyl groups is 3. The minimum atomic E-state index is -5.77. The largest absolute Gasteiger partial charge is 0.505 e. The van der Waals surface area contributed by atoms with Crippen LogP contribution in [0.2, 0.25) is 0 Å². The summed E-state index contributed by atoms with van der Waals surface area (Å²) in [7, 11) is -32.4. The van der Waals surface area contributed by atoms with Gasteiger partial charge in [0.05, 0.1) is 49.2 Å². The molecule has 0 unspecified atom stereocenters. The summed E-state index contributed by atoms with van der Waals surface area (Å²) in [5.41, 5.74) is -4.27. The van der Waals surface area contributed by atoms with Crippen molar-refractivity contribution in [1.29, 1.82) is 0 Å². The van der Waals surface area contributed by atoms with Crippen molar-refractivity contribution in [3.8, 4) is 23.1 Å². The number of anilines is 1. The minimum Gasteiger partial charge on any atom is -0.505 e. The maximum Gasteiger partial charge on any atom is 0.358 e. The fourth-order valence-electron chi connectivity index (χ4n) is 7.99. The highest BCUT2D eigenvalue weighted by Crippen LogP contribution is 2.51. The highest BCUT2D eigenvalue weighted by molar-refractivity contribution is 7.94. The Morgan fingerprint density at radius 1 is 0.567 bits per heavy atom. The Kier molecular flexibility index (Phi) is 17.8. The number of hydrogen-bond acceptors (Lipinski definition) is 32. The zero-order valence-corrected chi connectivity index (χ0v) is 49.0. The number of nitro benzene ring substituents is 1.